The molecule has 78 valence electrons. The lowest BCUT2D eigenvalue weighted by molar-refractivity contribution is 0.0915. The van der Waals surface area contributed by atoms with Crippen LogP contribution in [-0.2, 0) is 0 Å². The van der Waals surface area contributed by atoms with Crippen molar-refractivity contribution in [2.75, 3.05) is 5.88 Å². The number of carbonyl (C=O) groups excluding carboxylic acids is 1. The number of nitrogens with one attached hydrogen (secondary N) is 1. The molecular weight excluding hydrogens is 222 g/mol. The van der Waals surface area contributed by atoms with E-state index in [4.69, 9.17) is 11.6 Å². The van der Waals surface area contributed by atoms with Crippen LogP contribution in [0, 0.1) is 0 Å². The summed E-state index contributed by atoms with van der Waals surface area (Å²) in [5, 5.41) is 6.47. The molecule has 1 amide bonds. The standard InChI is InChI=1S/C8H12ClN3OS/c1-8(2,3-4-9)11-7(13)6-5-10-12-14-6/h5H,3-4H2,1-2H3,(H,11,13). The Bertz CT molecular complexity index is 300. The Kier molecular flexibility index (Phi) is 3.83. The summed E-state index contributed by atoms with van der Waals surface area (Å²) in [7, 11) is 0. The van der Waals surface area contributed by atoms with Gasteiger partial charge in [0.1, 0.15) is 4.88 Å². The lowest BCUT2D eigenvalue weighted by Crippen LogP contribution is -2.43. The minimum atomic E-state index is -0.289. The van der Waals surface area contributed by atoms with Gasteiger partial charge in [-0.3, -0.25) is 4.79 Å². The molecule has 1 aromatic rings. The Morgan fingerprint density at radius 2 is 2.43 bits per heavy atom. The summed E-state index contributed by atoms with van der Waals surface area (Å²) in [5.74, 6) is 0.379. The van der Waals surface area contributed by atoms with Gasteiger partial charge in [-0.2, -0.15) is 0 Å². The summed E-state index contributed by atoms with van der Waals surface area (Å²) in [6.07, 6.45) is 2.18. The number of nitrogens with zero attached hydrogens (tertiary/aromatic N) is 2. The number of amides is 1. The molecule has 0 unspecified atom stereocenters. The van der Waals surface area contributed by atoms with Gasteiger partial charge in [-0.25, -0.2) is 0 Å². The van der Waals surface area contributed by atoms with Gasteiger partial charge in [-0.15, -0.1) is 16.7 Å². The maximum absolute atomic E-state index is 11.6. The van der Waals surface area contributed by atoms with Crippen molar-refractivity contribution in [1.82, 2.24) is 14.9 Å². The van der Waals surface area contributed by atoms with Gasteiger partial charge in [0.2, 0.25) is 0 Å². The summed E-state index contributed by atoms with van der Waals surface area (Å²) in [5.41, 5.74) is -0.289. The molecule has 0 aliphatic carbocycles. The highest BCUT2D eigenvalue weighted by molar-refractivity contribution is 7.07. The van der Waals surface area contributed by atoms with Crippen molar-refractivity contribution < 1.29 is 4.79 Å². The first-order chi connectivity index (χ1) is 6.55. The van der Waals surface area contributed by atoms with Crippen molar-refractivity contribution in [2.45, 2.75) is 25.8 Å². The number of halogens is 1. The topological polar surface area (TPSA) is 54.9 Å². The largest absolute Gasteiger partial charge is 0.346 e. The molecule has 0 aliphatic heterocycles. The van der Waals surface area contributed by atoms with E-state index < -0.39 is 0 Å². The lowest BCUT2D eigenvalue weighted by atomic mass is 10.0. The molecule has 0 aromatic carbocycles. The van der Waals surface area contributed by atoms with Crippen molar-refractivity contribution in [1.29, 1.82) is 0 Å². The second-order valence-corrected chi connectivity index (χ2v) is 4.72. The summed E-state index contributed by atoms with van der Waals surface area (Å²) in [4.78, 5) is 12.1. The maximum Gasteiger partial charge on any atom is 0.265 e. The molecular formula is C8H12ClN3OS. The summed E-state index contributed by atoms with van der Waals surface area (Å²) >= 11 is 6.70. The molecule has 0 spiro atoms. The third-order valence-electron chi connectivity index (χ3n) is 1.76. The van der Waals surface area contributed by atoms with Crippen LogP contribution in [0.3, 0.4) is 0 Å². The Labute approximate surface area is 91.8 Å². The van der Waals surface area contributed by atoms with Crippen molar-refractivity contribution in [3.63, 3.8) is 0 Å². The SMILES string of the molecule is CC(C)(CCCl)NC(=O)c1cnns1. The molecule has 0 atom stereocenters. The van der Waals surface area contributed by atoms with E-state index in [1.54, 1.807) is 0 Å². The van der Waals surface area contributed by atoms with Crippen molar-refractivity contribution in [3.8, 4) is 0 Å². The Morgan fingerprint density at radius 3 is 2.93 bits per heavy atom. The molecule has 1 heterocycles. The van der Waals surface area contributed by atoms with Gasteiger partial charge in [0.15, 0.2) is 0 Å². The van der Waals surface area contributed by atoms with Crippen LogP contribution in [0.1, 0.15) is 29.9 Å². The molecule has 0 aliphatic rings. The van der Waals surface area contributed by atoms with E-state index >= 15 is 0 Å². The third kappa shape index (κ3) is 3.23. The summed E-state index contributed by atoms with van der Waals surface area (Å²) in [6, 6.07) is 0. The average Bonchev–Trinajstić information content (AvgIpc) is 2.53. The van der Waals surface area contributed by atoms with E-state index in [1.165, 1.54) is 6.20 Å². The summed E-state index contributed by atoms with van der Waals surface area (Å²) in [6.45, 7) is 3.86. The van der Waals surface area contributed by atoms with E-state index in [-0.39, 0.29) is 11.4 Å². The first kappa shape index (κ1) is 11.4. The second-order valence-electron chi connectivity index (χ2n) is 3.56. The molecule has 0 bridgehead atoms. The Morgan fingerprint density at radius 1 is 1.71 bits per heavy atom. The van der Waals surface area contributed by atoms with Crippen LogP contribution in [0.2, 0.25) is 0 Å². The van der Waals surface area contributed by atoms with Crippen LogP contribution < -0.4 is 5.32 Å². The molecule has 0 radical (unpaired) electrons. The second kappa shape index (κ2) is 4.70. The van der Waals surface area contributed by atoms with Gasteiger partial charge in [0.25, 0.3) is 5.91 Å². The summed E-state index contributed by atoms with van der Waals surface area (Å²) < 4.78 is 3.62. The molecule has 0 saturated heterocycles. The molecule has 0 fully saturated rings. The van der Waals surface area contributed by atoms with Crippen molar-refractivity contribution in [3.05, 3.63) is 11.1 Å². The number of alkyl halides is 1. The highest BCUT2D eigenvalue weighted by Gasteiger charge is 2.21. The van der Waals surface area contributed by atoms with E-state index in [0.717, 1.165) is 18.0 Å². The number of hydrogen-bond donors (Lipinski definition) is 1. The van der Waals surface area contributed by atoms with Gasteiger partial charge < -0.3 is 5.32 Å². The number of rotatable bonds is 4. The van der Waals surface area contributed by atoms with Gasteiger partial charge in [-0.1, -0.05) is 4.49 Å². The fourth-order valence-corrected chi connectivity index (χ4v) is 1.82. The van der Waals surface area contributed by atoms with E-state index in [2.05, 4.69) is 14.9 Å². The van der Waals surface area contributed by atoms with Crippen molar-refractivity contribution >= 4 is 29.0 Å². The quantitative estimate of drug-likeness (QED) is 0.805. The molecule has 1 aromatic heterocycles. The normalized spacial score (nSPS) is 11.4. The van der Waals surface area contributed by atoms with Crippen LogP contribution >= 0.6 is 23.1 Å². The van der Waals surface area contributed by atoms with Crippen molar-refractivity contribution in [2.24, 2.45) is 0 Å². The van der Waals surface area contributed by atoms with Crippen LogP contribution in [0.25, 0.3) is 0 Å². The zero-order valence-corrected chi connectivity index (χ0v) is 9.65. The molecule has 0 saturated carbocycles. The fourth-order valence-electron chi connectivity index (χ4n) is 0.935. The zero-order valence-electron chi connectivity index (χ0n) is 8.08. The highest BCUT2D eigenvalue weighted by Crippen LogP contribution is 2.11. The van der Waals surface area contributed by atoms with Gasteiger partial charge in [0.05, 0.1) is 6.20 Å². The maximum atomic E-state index is 11.6. The molecule has 4 nitrogen and oxygen atoms in total. The van der Waals surface area contributed by atoms with Crippen LogP contribution in [0.4, 0.5) is 0 Å². The Hall–Kier alpha value is -0.680. The van der Waals surface area contributed by atoms with Gasteiger partial charge >= 0.3 is 0 Å². The van der Waals surface area contributed by atoms with Crippen LogP contribution in [-0.4, -0.2) is 26.9 Å². The number of hydrogen-bond acceptors (Lipinski definition) is 4. The minimum absolute atomic E-state index is 0.143. The first-order valence-electron chi connectivity index (χ1n) is 4.21. The molecule has 14 heavy (non-hydrogen) atoms. The Balaban J connectivity index is 2.57. The average molecular weight is 234 g/mol. The smallest absolute Gasteiger partial charge is 0.265 e. The van der Waals surface area contributed by atoms with Gasteiger partial charge in [0, 0.05) is 11.4 Å². The predicted octanol–water partition coefficient (Wildman–Crippen LogP) is 1.68. The number of aromatic nitrogens is 2. The van der Waals surface area contributed by atoms with E-state index in [0.29, 0.717) is 10.8 Å². The third-order valence-corrected chi connectivity index (χ3v) is 2.61. The van der Waals surface area contributed by atoms with E-state index in [9.17, 15) is 4.79 Å². The minimum Gasteiger partial charge on any atom is -0.346 e. The van der Waals surface area contributed by atoms with Crippen LogP contribution in [0.15, 0.2) is 6.20 Å². The van der Waals surface area contributed by atoms with Gasteiger partial charge in [-0.05, 0) is 31.8 Å². The predicted molar refractivity (Wildman–Crippen MR) is 56.8 cm³/mol. The zero-order chi connectivity index (χ0) is 10.6. The van der Waals surface area contributed by atoms with Crippen LogP contribution in [0.5, 0.6) is 0 Å². The van der Waals surface area contributed by atoms with E-state index in [1.807, 2.05) is 13.8 Å². The fraction of sp³-hybridized carbons (Fsp3) is 0.625. The number of carbonyl (C=O) groups is 1. The molecule has 6 heteroatoms. The monoisotopic (exact) mass is 233 g/mol. The molecule has 1 N–H and O–H groups in total. The first-order valence-corrected chi connectivity index (χ1v) is 5.52. The highest BCUT2D eigenvalue weighted by atomic mass is 35.5. The lowest BCUT2D eigenvalue weighted by Gasteiger charge is -2.24. The molecule has 1 rings (SSSR count).